The molecule has 0 aliphatic carbocycles. The van der Waals surface area contributed by atoms with Crippen molar-refractivity contribution in [2.24, 2.45) is 0 Å². The highest BCUT2D eigenvalue weighted by molar-refractivity contribution is 5.97. The first kappa shape index (κ1) is 15.7. The number of nitrogens with zero attached hydrogens (tertiary/aromatic N) is 4. The second kappa shape index (κ2) is 6.49. The van der Waals surface area contributed by atoms with E-state index in [4.69, 9.17) is 9.90 Å². The molecule has 1 aliphatic heterocycles. The summed E-state index contributed by atoms with van der Waals surface area (Å²) in [7, 11) is 0. The maximum absolute atomic E-state index is 12.6. The molecule has 0 unspecified atom stereocenters. The number of imidazole rings is 1. The summed E-state index contributed by atoms with van der Waals surface area (Å²) in [6, 6.07) is 5.37. The Balaban J connectivity index is 0.000000526. The van der Waals surface area contributed by atoms with E-state index in [9.17, 15) is 4.79 Å². The molecule has 0 radical (unpaired) electrons. The molecule has 0 bridgehead atoms. The monoisotopic (exact) mass is 328 g/mol. The van der Waals surface area contributed by atoms with Gasteiger partial charge >= 0.3 is 0 Å². The van der Waals surface area contributed by atoms with Crippen LogP contribution in [0.15, 0.2) is 18.2 Å². The van der Waals surface area contributed by atoms with Crippen molar-refractivity contribution in [1.29, 1.82) is 0 Å². The van der Waals surface area contributed by atoms with Gasteiger partial charge in [0.05, 0.1) is 17.9 Å². The lowest BCUT2D eigenvalue weighted by molar-refractivity contribution is -0.122. The number of carbonyl (C=O) groups is 2. The predicted molar refractivity (Wildman–Crippen MR) is 84.4 cm³/mol. The van der Waals surface area contributed by atoms with Crippen LogP contribution in [0.2, 0.25) is 0 Å². The van der Waals surface area contributed by atoms with Gasteiger partial charge in [-0.3, -0.25) is 9.59 Å². The van der Waals surface area contributed by atoms with Crippen molar-refractivity contribution in [3.05, 3.63) is 41.0 Å². The SMILES string of the molecule is Cc1nc2c([nH]1)CN(C(=O)c1ccc3n[nH]nc3c1)CC2.O=CO. The van der Waals surface area contributed by atoms with Crippen LogP contribution in [0.5, 0.6) is 0 Å². The first-order valence-electron chi connectivity index (χ1n) is 7.34. The molecule has 1 aromatic carbocycles. The van der Waals surface area contributed by atoms with Crippen molar-refractivity contribution in [2.75, 3.05) is 6.54 Å². The van der Waals surface area contributed by atoms with E-state index in [0.29, 0.717) is 24.2 Å². The Morgan fingerprint density at radius 2 is 2.08 bits per heavy atom. The average molecular weight is 328 g/mol. The molecule has 24 heavy (non-hydrogen) atoms. The number of aryl methyl sites for hydroxylation is 1. The molecule has 0 saturated heterocycles. The second-order valence-corrected chi connectivity index (χ2v) is 5.36. The Hall–Kier alpha value is -3.23. The van der Waals surface area contributed by atoms with E-state index in [2.05, 4.69) is 25.4 Å². The standard InChI is InChI=1S/C14H14N6O.CH2O2/c1-8-15-10-4-5-20(7-13(10)16-8)14(21)9-2-3-11-12(6-9)18-19-17-11;2-1-3/h2-3,6H,4-5,7H2,1H3,(H,15,16)(H,17,18,19);1H,(H,2,3). The number of carbonyl (C=O) groups excluding carboxylic acids is 1. The Morgan fingerprint density at radius 3 is 2.88 bits per heavy atom. The van der Waals surface area contributed by atoms with Crippen LogP contribution in [0.25, 0.3) is 11.0 Å². The van der Waals surface area contributed by atoms with Crippen molar-refractivity contribution < 1.29 is 14.7 Å². The number of H-pyrrole nitrogens is 2. The molecular weight excluding hydrogens is 312 g/mol. The van der Waals surface area contributed by atoms with Gasteiger partial charge in [0.1, 0.15) is 16.9 Å². The largest absolute Gasteiger partial charge is 0.483 e. The lowest BCUT2D eigenvalue weighted by atomic mass is 10.1. The van der Waals surface area contributed by atoms with Gasteiger partial charge in [-0.2, -0.15) is 15.4 Å². The normalized spacial score (nSPS) is 13.1. The molecule has 1 aliphatic rings. The first-order valence-corrected chi connectivity index (χ1v) is 7.34. The predicted octanol–water partition coefficient (Wildman–Crippen LogP) is 0.889. The van der Waals surface area contributed by atoms with Crippen molar-refractivity contribution in [2.45, 2.75) is 19.9 Å². The van der Waals surface area contributed by atoms with Crippen LogP contribution < -0.4 is 0 Å². The van der Waals surface area contributed by atoms with Crippen LogP contribution in [0.1, 0.15) is 27.6 Å². The Kier molecular flexibility index (Phi) is 4.23. The van der Waals surface area contributed by atoms with Gasteiger partial charge in [0, 0.05) is 18.5 Å². The second-order valence-electron chi connectivity index (χ2n) is 5.36. The molecule has 3 N–H and O–H groups in total. The van der Waals surface area contributed by atoms with Crippen LogP contribution >= 0.6 is 0 Å². The third-order valence-corrected chi connectivity index (χ3v) is 3.80. The van der Waals surface area contributed by atoms with E-state index < -0.39 is 0 Å². The molecule has 0 spiro atoms. The fraction of sp³-hybridized carbons (Fsp3) is 0.267. The molecule has 9 nitrogen and oxygen atoms in total. The summed E-state index contributed by atoms with van der Waals surface area (Å²) in [5.41, 5.74) is 4.21. The number of aromatic amines is 2. The smallest absolute Gasteiger partial charge is 0.290 e. The number of fused-ring (bicyclic) bond motifs is 2. The lowest BCUT2D eigenvalue weighted by Crippen LogP contribution is -2.36. The molecule has 0 atom stereocenters. The van der Waals surface area contributed by atoms with Gasteiger partial charge in [0.25, 0.3) is 12.4 Å². The maximum Gasteiger partial charge on any atom is 0.290 e. The summed E-state index contributed by atoms with van der Waals surface area (Å²) in [6.07, 6.45) is 0.789. The molecule has 124 valence electrons. The van der Waals surface area contributed by atoms with Gasteiger partial charge in [-0.1, -0.05) is 0 Å². The zero-order valence-corrected chi connectivity index (χ0v) is 13.0. The minimum absolute atomic E-state index is 0.0119. The van der Waals surface area contributed by atoms with Crippen molar-refractivity contribution >= 4 is 23.4 Å². The van der Waals surface area contributed by atoms with Crippen LogP contribution in [0.3, 0.4) is 0 Å². The fourth-order valence-corrected chi connectivity index (χ4v) is 2.77. The zero-order chi connectivity index (χ0) is 17.1. The fourth-order valence-electron chi connectivity index (χ4n) is 2.77. The maximum atomic E-state index is 12.6. The summed E-state index contributed by atoms with van der Waals surface area (Å²) >= 11 is 0. The number of nitrogens with one attached hydrogen (secondary N) is 2. The van der Waals surface area contributed by atoms with E-state index in [1.807, 2.05) is 17.9 Å². The van der Waals surface area contributed by atoms with Gasteiger partial charge in [0.15, 0.2) is 0 Å². The minimum atomic E-state index is -0.250. The summed E-state index contributed by atoms with van der Waals surface area (Å²) in [6.45, 7) is 2.95. The summed E-state index contributed by atoms with van der Waals surface area (Å²) in [4.78, 5) is 30.5. The molecule has 4 rings (SSSR count). The third-order valence-electron chi connectivity index (χ3n) is 3.80. The molecule has 3 aromatic rings. The van der Waals surface area contributed by atoms with Crippen LogP contribution in [-0.2, 0) is 17.8 Å². The van der Waals surface area contributed by atoms with Crippen molar-refractivity contribution in [3.63, 3.8) is 0 Å². The minimum Gasteiger partial charge on any atom is -0.483 e. The van der Waals surface area contributed by atoms with E-state index >= 15 is 0 Å². The number of carboxylic acid groups (broad SMARTS) is 1. The highest BCUT2D eigenvalue weighted by Gasteiger charge is 2.24. The summed E-state index contributed by atoms with van der Waals surface area (Å²) < 4.78 is 0. The van der Waals surface area contributed by atoms with Crippen LogP contribution in [0.4, 0.5) is 0 Å². The third kappa shape index (κ3) is 2.96. The highest BCUT2D eigenvalue weighted by Crippen LogP contribution is 2.20. The number of amides is 1. The van der Waals surface area contributed by atoms with Gasteiger partial charge in [-0.25, -0.2) is 4.98 Å². The summed E-state index contributed by atoms with van der Waals surface area (Å²) in [5, 5.41) is 17.5. The topological polar surface area (TPSA) is 128 Å². The molecule has 3 heterocycles. The van der Waals surface area contributed by atoms with Gasteiger partial charge in [0.2, 0.25) is 0 Å². The van der Waals surface area contributed by atoms with E-state index in [1.165, 1.54) is 0 Å². The Morgan fingerprint density at radius 1 is 1.33 bits per heavy atom. The summed E-state index contributed by atoms with van der Waals surface area (Å²) in [5.74, 6) is 0.913. The highest BCUT2D eigenvalue weighted by atomic mass is 16.3. The molecule has 9 heteroatoms. The first-order chi connectivity index (χ1) is 11.6. The van der Waals surface area contributed by atoms with Gasteiger partial charge in [-0.15, -0.1) is 0 Å². The Bertz CT molecular complexity index is 884. The van der Waals surface area contributed by atoms with Gasteiger partial charge in [-0.05, 0) is 25.1 Å². The molecule has 1 amide bonds. The molecule has 0 fully saturated rings. The molecule has 0 saturated carbocycles. The average Bonchev–Trinajstić information content (AvgIpc) is 3.18. The van der Waals surface area contributed by atoms with E-state index in [-0.39, 0.29) is 12.4 Å². The van der Waals surface area contributed by atoms with E-state index in [1.54, 1.807) is 12.1 Å². The van der Waals surface area contributed by atoms with E-state index in [0.717, 1.165) is 29.1 Å². The molecular formula is C15H16N6O3. The number of aromatic nitrogens is 5. The number of rotatable bonds is 1. The van der Waals surface area contributed by atoms with Crippen LogP contribution in [0, 0.1) is 6.92 Å². The van der Waals surface area contributed by atoms with Crippen molar-refractivity contribution in [3.8, 4) is 0 Å². The van der Waals surface area contributed by atoms with Crippen LogP contribution in [-0.4, -0.2) is 54.3 Å². The quantitative estimate of drug-likeness (QED) is 0.569. The number of hydrogen-bond donors (Lipinski definition) is 3. The van der Waals surface area contributed by atoms with Crippen molar-refractivity contribution in [1.82, 2.24) is 30.3 Å². The number of hydrogen-bond acceptors (Lipinski definition) is 5. The van der Waals surface area contributed by atoms with Gasteiger partial charge < -0.3 is 15.0 Å². The molecule has 2 aromatic heterocycles. The zero-order valence-electron chi connectivity index (χ0n) is 13.0. The number of benzene rings is 1. The Labute approximate surface area is 136 Å². The lowest BCUT2D eigenvalue weighted by Gasteiger charge is -2.26.